The maximum atomic E-state index is 12.9. The van der Waals surface area contributed by atoms with Gasteiger partial charge in [0.2, 0.25) is 11.8 Å². The van der Waals surface area contributed by atoms with Gasteiger partial charge in [0.15, 0.2) is 0 Å². The van der Waals surface area contributed by atoms with Crippen LogP contribution in [0, 0.1) is 5.92 Å². The normalized spacial score (nSPS) is 20.5. The van der Waals surface area contributed by atoms with Crippen molar-refractivity contribution in [1.29, 1.82) is 0 Å². The summed E-state index contributed by atoms with van der Waals surface area (Å²) in [7, 11) is 0. The van der Waals surface area contributed by atoms with E-state index in [2.05, 4.69) is 31.1 Å². The molecule has 1 aliphatic carbocycles. The number of anilines is 2. The van der Waals surface area contributed by atoms with Gasteiger partial charge in [0, 0.05) is 17.6 Å². The molecule has 0 spiro atoms. The van der Waals surface area contributed by atoms with E-state index in [1.54, 1.807) is 6.20 Å². The number of nitrogens with two attached hydrogens (primary N) is 1. The zero-order valence-corrected chi connectivity index (χ0v) is 17.1. The molecule has 1 aliphatic heterocycles. The Morgan fingerprint density at radius 3 is 2.71 bits per heavy atom. The summed E-state index contributed by atoms with van der Waals surface area (Å²) in [5.74, 6) is 0.426. The van der Waals surface area contributed by atoms with E-state index in [0.717, 1.165) is 48.1 Å². The molecule has 0 radical (unpaired) electrons. The molecule has 0 bridgehead atoms. The second-order valence-corrected chi connectivity index (χ2v) is 8.55. The Morgan fingerprint density at radius 1 is 1.25 bits per heavy atom. The minimum Gasteiger partial charge on any atom is -0.369 e. The molecule has 2 aliphatic rings. The van der Waals surface area contributed by atoms with E-state index >= 15 is 0 Å². The molecule has 2 aromatic rings. The van der Waals surface area contributed by atoms with Gasteiger partial charge in [-0.25, -0.2) is 4.98 Å². The zero-order valence-electron chi connectivity index (χ0n) is 15.5. The van der Waals surface area contributed by atoms with Gasteiger partial charge in [0.05, 0.1) is 23.2 Å². The summed E-state index contributed by atoms with van der Waals surface area (Å²) in [4.78, 5) is 30.9. The highest BCUT2D eigenvalue weighted by Gasteiger charge is 2.51. The number of pyridine rings is 1. The topological polar surface area (TPSA) is 88.3 Å². The number of aromatic nitrogens is 1. The Balaban J connectivity index is 1.43. The molecule has 28 heavy (non-hydrogen) atoms. The van der Waals surface area contributed by atoms with Gasteiger partial charge < -0.3 is 16.0 Å². The second-order valence-electron chi connectivity index (χ2n) is 7.64. The van der Waals surface area contributed by atoms with Crippen molar-refractivity contribution < 1.29 is 9.59 Å². The van der Waals surface area contributed by atoms with Gasteiger partial charge in [-0.3, -0.25) is 9.59 Å². The highest BCUT2D eigenvalue weighted by atomic mass is 79.9. The zero-order chi connectivity index (χ0) is 19.7. The first-order valence-corrected chi connectivity index (χ1v) is 10.3. The predicted octanol–water partition coefficient (Wildman–Crippen LogP) is 3.22. The average molecular weight is 443 g/mol. The minimum absolute atomic E-state index is 0.00640. The summed E-state index contributed by atoms with van der Waals surface area (Å²) in [6.07, 6.45) is 5.13. The summed E-state index contributed by atoms with van der Waals surface area (Å²) in [5.41, 5.74) is 6.73. The van der Waals surface area contributed by atoms with E-state index in [1.165, 1.54) is 0 Å². The summed E-state index contributed by atoms with van der Waals surface area (Å²) < 4.78 is 0.978. The van der Waals surface area contributed by atoms with Crippen LogP contribution < -0.4 is 16.0 Å². The minimum atomic E-state index is -0.440. The fraction of sp³-hybridized carbons (Fsp3) is 0.381. The average Bonchev–Trinajstić information content (AvgIpc) is 3.51. The Bertz CT molecular complexity index is 896. The maximum absolute atomic E-state index is 12.9. The number of halogens is 1. The third-order valence-corrected chi connectivity index (χ3v) is 6.21. The molecule has 6 nitrogen and oxygen atoms in total. The molecule has 1 unspecified atom stereocenters. The molecular weight excluding hydrogens is 420 g/mol. The number of hydrogen-bond donors (Lipinski definition) is 2. The number of hydrogen-bond acceptors (Lipinski definition) is 4. The van der Waals surface area contributed by atoms with Gasteiger partial charge in [-0.15, -0.1) is 0 Å². The van der Waals surface area contributed by atoms with E-state index < -0.39 is 5.41 Å². The van der Waals surface area contributed by atoms with Gasteiger partial charge in [-0.05, 0) is 55.5 Å². The molecule has 146 valence electrons. The van der Waals surface area contributed by atoms with Crippen molar-refractivity contribution in [2.24, 2.45) is 11.7 Å². The van der Waals surface area contributed by atoms with Crippen LogP contribution in [0.3, 0.4) is 0 Å². The van der Waals surface area contributed by atoms with Crippen LogP contribution in [0.1, 0.15) is 31.2 Å². The molecular formula is C21H23BrN4O2. The van der Waals surface area contributed by atoms with Crippen molar-refractivity contribution >= 4 is 39.2 Å². The molecule has 2 heterocycles. The van der Waals surface area contributed by atoms with Crippen molar-refractivity contribution in [3.8, 4) is 0 Å². The van der Waals surface area contributed by atoms with Gasteiger partial charge in [0.1, 0.15) is 5.82 Å². The third-order valence-electron chi connectivity index (χ3n) is 5.72. The summed E-state index contributed by atoms with van der Waals surface area (Å²) >= 11 is 3.48. The number of nitrogens with zero attached hydrogens (tertiary/aromatic N) is 2. The SMILES string of the molecule is NC(=O)C1CCCN(c2ccc(NC(=O)C3(c4cccc(Br)c4)CC3)cn2)C1. The molecule has 1 atom stereocenters. The lowest BCUT2D eigenvalue weighted by atomic mass is 9.95. The van der Waals surface area contributed by atoms with Crippen LogP contribution in [0.2, 0.25) is 0 Å². The first kappa shape index (κ1) is 18.9. The van der Waals surface area contributed by atoms with E-state index in [1.807, 2.05) is 36.4 Å². The Hall–Kier alpha value is -2.41. The Morgan fingerprint density at radius 2 is 2.07 bits per heavy atom. The number of amides is 2. The maximum Gasteiger partial charge on any atom is 0.235 e. The highest BCUT2D eigenvalue weighted by Crippen LogP contribution is 2.49. The van der Waals surface area contributed by atoms with E-state index in [-0.39, 0.29) is 17.7 Å². The number of carbonyl (C=O) groups excluding carboxylic acids is 2. The number of nitrogens with one attached hydrogen (secondary N) is 1. The van der Waals surface area contributed by atoms with Gasteiger partial charge in [-0.1, -0.05) is 28.1 Å². The smallest absolute Gasteiger partial charge is 0.235 e. The number of piperidine rings is 1. The van der Waals surface area contributed by atoms with Crippen molar-refractivity contribution in [2.75, 3.05) is 23.3 Å². The van der Waals surface area contributed by atoms with Crippen LogP contribution >= 0.6 is 15.9 Å². The standard InChI is InChI=1S/C21H23BrN4O2/c22-16-5-1-4-15(11-16)21(8-9-21)20(28)25-17-6-7-18(24-12-17)26-10-2-3-14(13-26)19(23)27/h1,4-7,11-12,14H,2-3,8-10,13H2,(H2,23,27)(H,25,28). The lowest BCUT2D eigenvalue weighted by molar-refractivity contribution is -0.122. The molecule has 1 aromatic carbocycles. The van der Waals surface area contributed by atoms with Crippen molar-refractivity contribution in [1.82, 2.24) is 4.98 Å². The van der Waals surface area contributed by atoms with Crippen LogP contribution in [-0.2, 0) is 15.0 Å². The lowest BCUT2D eigenvalue weighted by Crippen LogP contribution is -2.41. The van der Waals surface area contributed by atoms with Crippen LogP contribution in [-0.4, -0.2) is 29.9 Å². The van der Waals surface area contributed by atoms with Gasteiger partial charge >= 0.3 is 0 Å². The highest BCUT2D eigenvalue weighted by molar-refractivity contribution is 9.10. The van der Waals surface area contributed by atoms with E-state index in [0.29, 0.717) is 12.2 Å². The van der Waals surface area contributed by atoms with Gasteiger partial charge in [0.25, 0.3) is 0 Å². The molecule has 1 saturated carbocycles. The summed E-state index contributed by atoms with van der Waals surface area (Å²) in [6.45, 7) is 1.45. The Labute approximate surface area is 172 Å². The number of carbonyl (C=O) groups is 2. The van der Waals surface area contributed by atoms with Crippen LogP contribution in [0.4, 0.5) is 11.5 Å². The fourth-order valence-electron chi connectivity index (χ4n) is 3.87. The predicted molar refractivity (Wildman–Crippen MR) is 112 cm³/mol. The third kappa shape index (κ3) is 3.76. The summed E-state index contributed by atoms with van der Waals surface area (Å²) in [6, 6.07) is 11.7. The second kappa shape index (κ2) is 7.54. The number of rotatable bonds is 5. The number of primary amides is 1. The Kier molecular flexibility index (Phi) is 5.10. The van der Waals surface area contributed by atoms with Crippen molar-refractivity contribution in [3.05, 3.63) is 52.6 Å². The summed E-state index contributed by atoms with van der Waals surface area (Å²) in [5, 5.41) is 3.01. The molecule has 1 saturated heterocycles. The van der Waals surface area contributed by atoms with Crippen molar-refractivity contribution in [2.45, 2.75) is 31.1 Å². The van der Waals surface area contributed by atoms with Crippen LogP contribution in [0.25, 0.3) is 0 Å². The fourth-order valence-corrected chi connectivity index (χ4v) is 4.27. The van der Waals surface area contributed by atoms with Gasteiger partial charge in [-0.2, -0.15) is 0 Å². The molecule has 4 rings (SSSR count). The molecule has 3 N–H and O–H groups in total. The molecule has 1 aromatic heterocycles. The largest absolute Gasteiger partial charge is 0.369 e. The van der Waals surface area contributed by atoms with E-state index in [9.17, 15) is 9.59 Å². The molecule has 2 amide bonds. The van der Waals surface area contributed by atoms with Crippen molar-refractivity contribution in [3.63, 3.8) is 0 Å². The number of benzene rings is 1. The first-order chi connectivity index (χ1) is 13.5. The van der Waals surface area contributed by atoms with Crippen LogP contribution in [0.15, 0.2) is 47.1 Å². The molecule has 2 fully saturated rings. The monoisotopic (exact) mass is 442 g/mol. The van der Waals surface area contributed by atoms with E-state index in [4.69, 9.17) is 5.73 Å². The first-order valence-electron chi connectivity index (χ1n) is 9.56. The lowest BCUT2D eigenvalue weighted by Gasteiger charge is -2.32. The molecule has 7 heteroatoms. The van der Waals surface area contributed by atoms with Crippen LogP contribution in [0.5, 0.6) is 0 Å². The quantitative estimate of drug-likeness (QED) is 0.743.